The third kappa shape index (κ3) is 8.31. The lowest BCUT2D eigenvalue weighted by Gasteiger charge is -2.29. The lowest BCUT2D eigenvalue weighted by atomic mass is 10.0. The van der Waals surface area contributed by atoms with E-state index in [2.05, 4.69) is 25.9 Å². The number of esters is 1. The number of hydrogen-bond donors (Lipinski definition) is 0. The lowest BCUT2D eigenvalue weighted by molar-refractivity contribution is 0.00500. The van der Waals surface area contributed by atoms with Crippen molar-refractivity contribution in [2.24, 2.45) is 0 Å². The van der Waals surface area contributed by atoms with Crippen molar-refractivity contribution in [3.05, 3.63) is 32.4 Å². The third-order valence-electron chi connectivity index (χ3n) is 4.14. The van der Waals surface area contributed by atoms with Gasteiger partial charge in [0.2, 0.25) is 5.88 Å². The van der Waals surface area contributed by atoms with Gasteiger partial charge in [-0.25, -0.2) is 14.8 Å². The Kier molecular flexibility index (Phi) is 8.98. The average Bonchev–Trinajstić information content (AvgIpc) is 2.92. The molecule has 2 aromatic rings. The quantitative estimate of drug-likeness (QED) is 0.253. The van der Waals surface area contributed by atoms with Crippen LogP contribution in [0.4, 0.5) is 0 Å². The standard InChI is InChI=1S/C24H34BrCl2N3O4/c1-22(2,3)32-16-14(11-10-12-30-13-28-18(26)19(30)27)17(25)29-20(33-23(4,5)6)15(16)21(31)34-24(7,8)9/h13H,10-12H2,1-9H3. The van der Waals surface area contributed by atoms with Crippen LogP contribution in [0.5, 0.6) is 11.6 Å². The van der Waals surface area contributed by atoms with Gasteiger partial charge in [0, 0.05) is 12.1 Å². The van der Waals surface area contributed by atoms with Crippen molar-refractivity contribution in [1.29, 1.82) is 0 Å². The van der Waals surface area contributed by atoms with Crippen LogP contribution < -0.4 is 9.47 Å². The molecule has 2 heterocycles. The summed E-state index contributed by atoms with van der Waals surface area (Å²) < 4.78 is 20.5. The van der Waals surface area contributed by atoms with Crippen LogP contribution in [0.2, 0.25) is 10.3 Å². The van der Waals surface area contributed by atoms with Gasteiger partial charge in [-0.2, -0.15) is 0 Å². The molecule has 34 heavy (non-hydrogen) atoms. The first kappa shape index (κ1) is 28.7. The molecule has 190 valence electrons. The number of imidazole rings is 1. The Morgan fingerprint density at radius 2 is 1.59 bits per heavy atom. The fraction of sp³-hybridized carbons (Fsp3) is 0.625. The number of carbonyl (C=O) groups excluding carboxylic acids is 1. The zero-order valence-electron chi connectivity index (χ0n) is 21.3. The van der Waals surface area contributed by atoms with Gasteiger partial charge in [0.05, 0.1) is 6.33 Å². The van der Waals surface area contributed by atoms with E-state index in [1.165, 1.54) is 0 Å². The molecule has 0 bridgehead atoms. The fourth-order valence-electron chi connectivity index (χ4n) is 2.99. The van der Waals surface area contributed by atoms with E-state index < -0.39 is 22.8 Å². The minimum Gasteiger partial charge on any atom is -0.487 e. The van der Waals surface area contributed by atoms with Crippen LogP contribution in [-0.4, -0.2) is 37.3 Å². The number of ether oxygens (including phenoxy) is 3. The second kappa shape index (κ2) is 10.6. The molecule has 0 aliphatic carbocycles. The van der Waals surface area contributed by atoms with E-state index in [0.29, 0.717) is 34.9 Å². The largest absolute Gasteiger partial charge is 0.487 e. The van der Waals surface area contributed by atoms with Crippen LogP contribution in [0.25, 0.3) is 0 Å². The molecule has 0 amide bonds. The molecule has 0 aliphatic rings. The zero-order valence-corrected chi connectivity index (χ0v) is 24.4. The van der Waals surface area contributed by atoms with E-state index in [-0.39, 0.29) is 16.6 Å². The predicted octanol–water partition coefficient (Wildman–Crippen LogP) is 7.29. The first-order chi connectivity index (χ1) is 15.4. The summed E-state index contributed by atoms with van der Waals surface area (Å²) in [5.74, 6) is -0.0182. The molecule has 0 aromatic carbocycles. The van der Waals surface area contributed by atoms with Crippen LogP contribution in [0, 0.1) is 0 Å². The Morgan fingerprint density at radius 3 is 2.06 bits per heavy atom. The maximum absolute atomic E-state index is 13.4. The van der Waals surface area contributed by atoms with Crippen molar-refractivity contribution < 1.29 is 19.0 Å². The number of hydrogen-bond acceptors (Lipinski definition) is 6. The number of rotatable bonds is 7. The Labute approximate surface area is 220 Å². The van der Waals surface area contributed by atoms with Gasteiger partial charge in [-0.1, -0.05) is 23.2 Å². The second-order valence-electron chi connectivity index (χ2n) is 10.9. The summed E-state index contributed by atoms with van der Waals surface area (Å²) in [6, 6.07) is 0. The maximum atomic E-state index is 13.4. The van der Waals surface area contributed by atoms with Gasteiger partial charge in [-0.05, 0) is 91.1 Å². The summed E-state index contributed by atoms with van der Waals surface area (Å²) >= 11 is 15.7. The molecule has 10 heteroatoms. The van der Waals surface area contributed by atoms with Crippen molar-refractivity contribution in [3.8, 4) is 11.6 Å². The molecule has 0 fully saturated rings. The highest BCUT2D eigenvalue weighted by molar-refractivity contribution is 9.10. The number of halogens is 3. The van der Waals surface area contributed by atoms with Crippen LogP contribution in [0.1, 0.15) is 84.7 Å². The van der Waals surface area contributed by atoms with E-state index >= 15 is 0 Å². The Balaban J connectivity index is 2.59. The van der Waals surface area contributed by atoms with Gasteiger partial charge in [-0.3, -0.25) is 0 Å². The fourth-order valence-corrected chi connectivity index (χ4v) is 3.86. The molecular weight excluding hydrogens is 545 g/mol. The Bertz CT molecular complexity index is 1030. The van der Waals surface area contributed by atoms with Crippen molar-refractivity contribution in [1.82, 2.24) is 14.5 Å². The van der Waals surface area contributed by atoms with E-state index in [1.54, 1.807) is 10.9 Å². The first-order valence-electron chi connectivity index (χ1n) is 11.1. The molecule has 0 N–H and O–H groups in total. The predicted molar refractivity (Wildman–Crippen MR) is 138 cm³/mol. The van der Waals surface area contributed by atoms with E-state index in [0.717, 1.165) is 5.56 Å². The summed E-state index contributed by atoms with van der Waals surface area (Å²) in [7, 11) is 0. The van der Waals surface area contributed by atoms with Crippen LogP contribution in [-0.2, 0) is 17.7 Å². The van der Waals surface area contributed by atoms with Gasteiger partial charge in [0.25, 0.3) is 0 Å². The third-order valence-corrected chi connectivity index (χ3v) is 5.56. The molecule has 0 saturated carbocycles. The molecule has 0 atom stereocenters. The summed E-state index contributed by atoms with van der Waals surface area (Å²) in [6.07, 6.45) is 2.80. The van der Waals surface area contributed by atoms with E-state index in [9.17, 15) is 4.79 Å². The Hall–Kier alpha value is -1.51. The van der Waals surface area contributed by atoms with Gasteiger partial charge in [0.1, 0.15) is 32.3 Å². The topological polar surface area (TPSA) is 75.5 Å². The Morgan fingerprint density at radius 1 is 1.00 bits per heavy atom. The van der Waals surface area contributed by atoms with Crippen molar-refractivity contribution in [2.75, 3.05) is 0 Å². The van der Waals surface area contributed by atoms with Gasteiger partial charge in [0.15, 0.2) is 10.7 Å². The minimum atomic E-state index is -0.709. The molecule has 7 nitrogen and oxygen atoms in total. The van der Waals surface area contributed by atoms with Gasteiger partial charge < -0.3 is 18.8 Å². The zero-order chi connectivity index (χ0) is 26.1. The van der Waals surface area contributed by atoms with E-state index in [4.69, 9.17) is 37.4 Å². The summed E-state index contributed by atoms with van der Waals surface area (Å²) in [5.41, 5.74) is -0.992. The van der Waals surface area contributed by atoms with Crippen LogP contribution in [0.3, 0.4) is 0 Å². The summed E-state index contributed by atoms with van der Waals surface area (Å²) in [6.45, 7) is 17.4. The van der Waals surface area contributed by atoms with Crippen LogP contribution >= 0.6 is 39.1 Å². The molecule has 0 aliphatic heterocycles. The monoisotopic (exact) mass is 577 g/mol. The van der Waals surface area contributed by atoms with Gasteiger partial charge in [-0.15, -0.1) is 0 Å². The minimum absolute atomic E-state index is 0.154. The normalized spacial score (nSPS) is 12.6. The molecule has 0 radical (unpaired) electrons. The molecule has 2 aromatic heterocycles. The summed E-state index contributed by atoms with van der Waals surface area (Å²) in [5, 5.41) is 0.644. The highest BCUT2D eigenvalue weighted by atomic mass is 79.9. The molecule has 0 unspecified atom stereocenters. The summed E-state index contributed by atoms with van der Waals surface area (Å²) in [4.78, 5) is 22.0. The smallest absolute Gasteiger partial charge is 0.348 e. The van der Waals surface area contributed by atoms with Crippen molar-refractivity contribution >= 4 is 45.1 Å². The number of aryl methyl sites for hydroxylation is 1. The van der Waals surface area contributed by atoms with Crippen molar-refractivity contribution in [2.45, 2.75) is 98.5 Å². The van der Waals surface area contributed by atoms with Crippen molar-refractivity contribution in [3.63, 3.8) is 0 Å². The first-order valence-corrected chi connectivity index (χ1v) is 12.6. The molecule has 0 saturated heterocycles. The van der Waals surface area contributed by atoms with E-state index in [1.807, 2.05) is 62.3 Å². The highest BCUT2D eigenvalue weighted by Gasteiger charge is 2.33. The number of nitrogens with zero attached hydrogens (tertiary/aromatic N) is 3. The number of aromatic nitrogens is 3. The average molecular weight is 579 g/mol. The second-order valence-corrected chi connectivity index (χ2v) is 12.4. The molecule has 0 spiro atoms. The number of carbonyl (C=O) groups is 1. The number of pyridine rings is 1. The van der Waals surface area contributed by atoms with Crippen LogP contribution in [0.15, 0.2) is 10.9 Å². The molecular formula is C24H34BrCl2N3O4. The van der Waals surface area contributed by atoms with Gasteiger partial charge >= 0.3 is 5.97 Å². The lowest BCUT2D eigenvalue weighted by Crippen LogP contribution is -2.30. The maximum Gasteiger partial charge on any atom is 0.348 e. The molecule has 2 rings (SSSR count). The SMILES string of the molecule is CC(C)(C)OC(=O)c1c(OC(C)(C)C)nc(Br)c(CCCn2cnc(Cl)c2Cl)c1OC(C)(C)C. The highest BCUT2D eigenvalue weighted by Crippen LogP contribution is 2.40.